The number of carbonyl (C=O) groups is 1. The highest BCUT2D eigenvalue weighted by atomic mass is 35.5. The van der Waals surface area contributed by atoms with Gasteiger partial charge in [0.05, 0.1) is 4.92 Å². The molecule has 17 heavy (non-hydrogen) atoms. The number of rotatable bonds is 4. The molecule has 6 heteroatoms. The summed E-state index contributed by atoms with van der Waals surface area (Å²) < 4.78 is 0. The largest absolute Gasteiger partial charge is 0.320 e. The molecule has 0 radical (unpaired) electrons. The quantitative estimate of drug-likeness (QED) is 0.664. The van der Waals surface area contributed by atoms with Gasteiger partial charge in [0, 0.05) is 17.5 Å². The van der Waals surface area contributed by atoms with Crippen LogP contribution >= 0.6 is 11.6 Å². The third-order valence-corrected chi connectivity index (χ3v) is 2.26. The van der Waals surface area contributed by atoms with Gasteiger partial charge < -0.3 is 5.32 Å². The Kier molecular flexibility index (Phi) is 4.45. The monoisotopic (exact) mass is 256 g/mol. The Hall–Kier alpha value is -1.62. The molecule has 1 N–H and O–H groups in total. The van der Waals surface area contributed by atoms with Crippen molar-refractivity contribution < 1.29 is 9.72 Å². The van der Waals surface area contributed by atoms with Gasteiger partial charge in [0.2, 0.25) is 5.91 Å². The Labute approximate surface area is 104 Å². The summed E-state index contributed by atoms with van der Waals surface area (Å²) in [4.78, 5) is 21.7. The van der Waals surface area contributed by atoms with Gasteiger partial charge in [-0.15, -0.1) is 0 Å². The molecule has 1 aromatic carbocycles. The molecule has 0 saturated carbocycles. The third kappa shape index (κ3) is 4.03. The maximum atomic E-state index is 11.5. The Balaban J connectivity index is 2.91. The van der Waals surface area contributed by atoms with Gasteiger partial charge >= 0.3 is 0 Å². The van der Waals surface area contributed by atoms with Crippen molar-refractivity contribution in [2.45, 2.75) is 20.3 Å². The van der Waals surface area contributed by atoms with Crippen molar-refractivity contribution in [1.29, 1.82) is 0 Å². The van der Waals surface area contributed by atoms with Crippen LogP contribution in [0, 0.1) is 16.0 Å². The average Bonchev–Trinajstić information content (AvgIpc) is 2.19. The van der Waals surface area contributed by atoms with E-state index in [-0.39, 0.29) is 28.2 Å². The van der Waals surface area contributed by atoms with Crippen LogP contribution in [-0.2, 0) is 4.79 Å². The zero-order valence-electron chi connectivity index (χ0n) is 9.57. The average molecular weight is 257 g/mol. The Morgan fingerprint density at radius 2 is 2.18 bits per heavy atom. The van der Waals surface area contributed by atoms with Gasteiger partial charge in [-0.2, -0.15) is 0 Å². The summed E-state index contributed by atoms with van der Waals surface area (Å²) >= 11 is 5.66. The number of nitro benzene ring substituents is 1. The van der Waals surface area contributed by atoms with E-state index in [1.165, 1.54) is 18.2 Å². The predicted octanol–water partition coefficient (Wildman–Crippen LogP) is 3.23. The lowest BCUT2D eigenvalue weighted by molar-refractivity contribution is -0.383. The van der Waals surface area contributed by atoms with E-state index < -0.39 is 4.92 Å². The lowest BCUT2D eigenvalue weighted by atomic mass is 10.1. The van der Waals surface area contributed by atoms with Crippen molar-refractivity contribution >= 4 is 28.9 Å². The molecule has 0 heterocycles. The number of benzene rings is 1. The van der Waals surface area contributed by atoms with Crippen LogP contribution in [0.4, 0.5) is 11.4 Å². The number of amides is 1. The van der Waals surface area contributed by atoms with Crippen LogP contribution in [0.5, 0.6) is 0 Å². The van der Waals surface area contributed by atoms with Gasteiger partial charge in [-0.1, -0.05) is 25.4 Å². The molecule has 0 fully saturated rings. The van der Waals surface area contributed by atoms with Crippen LogP contribution in [0.25, 0.3) is 0 Å². The van der Waals surface area contributed by atoms with Crippen LogP contribution in [0.3, 0.4) is 0 Å². The minimum atomic E-state index is -0.573. The van der Waals surface area contributed by atoms with Crippen molar-refractivity contribution in [2.75, 3.05) is 5.32 Å². The first kappa shape index (κ1) is 13.4. The number of carbonyl (C=O) groups excluding carboxylic acids is 1. The molecular weight excluding hydrogens is 244 g/mol. The molecular formula is C11H13ClN2O3. The molecule has 0 bridgehead atoms. The summed E-state index contributed by atoms with van der Waals surface area (Å²) in [6, 6.07) is 4.14. The standard InChI is InChI=1S/C11H13ClN2O3/c1-7(2)5-11(15)13-9-4-3-8(12)6-10(9)14(16)17/h3-4,6-7H,5H2,1-2H3,(H,13,15). The number of halogens is 1. The minimum Gasteiger partial charge on any atom is -0.320 e. The van der Waals surface area contributed by atoms with E-state index in [1.807, 2.05) is 13.8 Å². The molecule has 0 aliphatic rings. The highest BCUT2D eigenvalue weighted by Crippen LogP contribution is 2.27. The Morgan fingerprint density at radius 1 is 1.53 bits per heavy atom. The van der Waals surface area contributed by atoms with Gasteiger partial charge in [-0.05, 0) is 18.1 Å². The van der Waals surface area contributed by atoms with Gasteiger partial charge in [-0.25, -0.2) is 0 Å². The van der Waals surface area contributed by atoms with E-state index in [1.54, 1.807) is 0 Å². The third-order valence-electron chi connectivity index (χ3n) is 2.02. The van der Waals surface area contributed by atoms with Crippen LogP contribution in [0.1, 0.15) is 20.3 Å². The summed E-state index contributed by atoms with van der Waals surface area (Å²) in [5.74, 6) is -0.0493. The van der Waals surface area contributed by atoms with Crippen molar-refractivity contribution in [3.05, 3.63) is 33.3 Å². The molecule has 0 aliphatic heterocycles. The zero-order chi connectivity index (χ0) is 13.0. The smallest absolute Gasteiger partial charge is 0.294 e. The normalized spacial score (nSPS) is 10.4. The molecule has 0 aromatic heterocycles. The first-order valence-corrected chi connectivity index (χ1v) is 5.51. The fourth-order valence-corrected chi connectivity index (χ4v) is 1.50. The van der Waals surface area contributed by atoms with E-state index in [4.69, 9.17) is 11.6 Å². The summed E-state index contributed by atoms with van der Waals surface area (Å²) in [5.41, 5.74) is -0.0281. The second-order valence-electron chi connectivity index (χ2n) is 4.06. The predicted molar refractivity (Wildman–Crippen MR) is 66.2 cm³/mol. The summed E-state index contributed by atoms with van der Waals surface area (Å²) in [6.07, 6.45) is 0.319. The lowest BCUT2D eigenvalue weighted by Crippen LogP contribution is -2.14. The number of hydrogen-bond donors (Lipinski definition) is 1. The second kappa shape index (κ2) is 5.63. The van der Waals surface area contributed by atoms with E-state index in [0.717, 1.165) is 0 Å². The van der Waals surface area contributed by atoms with Crippen LogP contribution in [0.15, 0.2) is 18.2 Å². The number of hydrogen-bond acceptors (Lipinski definition) is 3. The molecule has 92 valence electrons. The van der Waals surface area contributed by atoms with Crippen LogP contribution in [0.2, 0.25) is 5.02 Å². The van der Waals surface area contributed by atoms with E-state index >= 15 is 0 Å². The van der Waals surface area contributed by atoms with Crippen molar-refractivity contribution in [3.8, 4) is 0 Å². The zero-order valence-corrected chi connectivity index (χ0v) is 10.3. The van der Waals surface area contributed by atoms with E-state index in [2.05, 4.69) is 5.32 Å². The van der Waals surface area contributed by atoms with Crippen LogP contribution < -0.4 is 5.32 Å². The molecule has 0 unspecified atom stereocenters. The van der Waals surface area contributed by atoms with Gasteiger partial charge in [-0.3, -0.25) is 14.9 Å². The van der Waals surface area contributed by atoms with Crippen LogP contribution in [-0.4, -0.2) is 10.8 Å². The van der Waals surface area contributed by atoms with Crippen molar-refractivity contribution in [1.82, 2.24) is 0 Å². The molecule has 0 spiro atoms. The second-order valence-corrected chi connectivity index (χ2v) is 4.50. The van der Waals surface area contributed by atoms with E-state index in [0.29, 0.717) is 6.42 Å². The molecule has 0 atom stereocenters. The fraction of sp³-hybridized carbons (Fsp3) is 0.364. The number of nitrogens with zero attached hydrogens (tertiary/aromatic N) is 1. The highest BCUT2D eigenvalue weighted by molar-refractivity contribution is 6.31. The highest BCUT2D eigenvalue weighted by Gasteiger charge is 2.16. The molecule has 0 aliphatic carbocycles. The van der Waals surface area contributed by atoms with Gasteiger partial charge in [0.15, 0.2) is 0 Å². The maximum Gasteiger partial charge on any atom is 0.294 e. The molecule has 0 saturated heterocycles. The fourth-order valence-electron chi connectivity index (χ4n) is 1.33. The first-order valence-electron chi connectivity index (χ1n) is 5.14. The van der Waals surface area contributed by atoms with Gasteiger partial charge in [0.25, 0.3) is 5.69 Å². The minimum absolute atomic E-state index is 0.171. The summed E-state index contributed by atoms with van der Waals surface area (Å²) in [7, 11) is 0. The SMILES string of the molecule is CC(C)CC(=O)Nc1ccc(Cl)cc1[N+](=O)[O-]. The molecule has 5 nitrogen and oxygen atoms in total. The van der Waals surface area contributed by atoms with Crippen molar-refractivity contribution in [3.63, 3.8) is 0 Å². The van der Waals surface area contributed by atoms with E-state index in [9.17, 15) is 14.9 Å². The molecule has 1 rings (SSSR count). The van der Waals surface area contributed by atoms with Gasteiger partial charge in [0.1, 0.15) is 5.69 Å². The first-order chi connectivity index (χ1) is 7.90. The summed E-state index contributed by atoms with van der Waals surface area (Å²) in [6.45, 7) is 3.80. The topological polar surface area (TPSA) is 72.2 Å². The van der Waals surface area contributed by atoms with Crippen molar-refractivity contribution in [2.24, 2.45) is 5.92 Å². The lowest BCUT2D eigenvalue weighted by Gasteiger charge is -2.07. The number of nitrogens with one attached hydrogen (secondary N) is 1. The molecule has 1 amide bonds. The molecule has 1 aromatic rings. The number of nitro groups is 1. The Morgan fingerprint density at radius 3 is 2.71 bits per heavy atom. The maximum absolute atomic E-state index is 11.5. The number of anilines is 1. The Bertz CT molecular complexity index is 446. The summed E-state index contributed by atoms with van der Waals surface area (Å²) in [5, 5.41) is 13.5.